The Morgan fingerprint density at radius 3 is 2.42 bits per heavy atom. The van der Waals surface area contributed by atoms with Gasteiger partial charge in [-0.05, 0) is 41.8 Å². The van der Waals surface area contributed by atoms with Crippen LogP contribution in [0.15, 0.2) is 67.3 Å². The molecule has 43 heavy (non-hydrogen) atoms. The number of amides is 2. The number of nitrogens with zero attached hydrogens (tertiary/aromatic N) is 3. The van der Waals surface area contributed by atoms with E-state index in [0.717, 1.165) is 16.7 Å². The molecule has 0 bridgehead atoms. The summed E-state index contributed by atoms with van der Waals surface area (Å²) < 4.78 is 18.2. The maximum Gasteiger partial charge on any atom is 0.409 e. The lowest BCUT2D eigenvalue weighted by molar-refractivity contribution is 0.0627. The molecule has 228 valence electrons. The van der Waals surface area contributed by atoms with E-state index < -0.39 is 14.4 Å². The summed E-state index contributed by atoms with van der Waals surface area (Å²) in [6.07, 6.45) is 6.23. The standard InChI is InChI=1S/C32H40N4O6Si/c1-32(2,3)43(5,6)42-20-25-14-23(24-17-33-21-34-18-24)12-13-36(25)30(37)26-15-28(40-4)29(16-27(26)35-31(38)39)41-19-22-10-8-7-9-11-22/h7-12,15-18,21,25,35H,13-14,19-20H2,1-6H3,(H,38,39)/t25-/m0/s1. The monoisotopic (exact) mass is 604 g/mol. The first-order valence-electron chi connectivity index (χ1n) is 14.2. The molecule has 0 spiro atoms. The molecule has 0 saturated carbocycles. The van der Waals surface area contributed by atoms with Crippen LogP contribution in [0.3, 0.4) is 0 Å². The highest BCUT2D eigenvalue weighted by molar-refractivity contribution is 6.74. The van der Waals surface area contributed by atoms with Crippen LogP contribution in [0.4, 0.5) is 10.5 Å². The van der Waals surface area contributed by atoms with Gasteiger partial charge >= 0.3 is 6.09 Å². The van der Waals surface area contributed by atoms with Crippen LogP contribution in [0, 0.1) is 0 Å². The van der Waals surface area contributed by atoms with Crippen molar-refractivity contribution in [1.82, 2.24) is 14.9 Å². The van der Waals surface area contributed by atoms with Gasteiger partial charge in [-0.25, -0.2) is 14.8 Å². The Hall–Kier alpha value is -4.22. The van der Waals surface area contributed by atoms with E-state index in [1.165, 1.54) is 25.6 Å². The van der Waals surface area contributed by atoms with Gasteiger partial charge in [-0.3, -0.25) is 10.1 Å². The van der Waals surface area contributed by atoms with E-state index in [9.17, 15) is 14.7 Å². The van der Waals surface area contributed by atoms with Crippen molar-refractivity contribution in [3.63, 3.8) is 0 Å². The van der Waals surface area contributed by atoms with Crippen LogP contribution in [-0.2, 0) is 11.0 Å². The van der Waals surface area contributed by atoms with Crippen LogP contribution in [0.5, 0.6) is 11.5 Å². The van der Waals surface area contributed by atoms with Crippen molar-refractivity contribution < 1.29 is 28.6 Å². The highest BCUT2D eigenvalue weighted by Crippen LogP contribution is 2.39. The lowest BCUT2D eigenvalue weighted by Gasteiger charge is -2.41. The molecule has 2 amide bonds. The second-order valence-corrected chi connectivity index (χ2v) is 16.8. The topological polar surface area (TPSA) is 123 Å². The molecule has 1 atom stereocenters. The van der Waals surface area contributed by atoms with Gasteiger partial charge in [0, 0.05) is 30.6 Å². The first kappa shape index (κ1) is 31.7. The minimum absolute atomic E-state index is 0.00995. The molecule has 2 N–H and O–H groups in total. The van der Waals surface area contributed by atoms with Crippen LogP contribution in [-0.4, -0.2) is 66.6 Å². The molecule has 11 heteroatoms. The molecular weight excluding hydrogens is 564 g/mol. The molecule has 0 saturated heterocycles. The number of aromatic nitrogens is 2. The van der Waals surface area contributed by atoms with Crippen molar-refractivity contribution in [1.29, 1.82) is 0 Å². The fraction of sp³-hybridized carbons (Fsp3) is 0.375. The Morgan fingerprint density at radius 1 is 1.09 bits per heavy atom. The largest absolute Gasteiger partial charge is 0.493 e. The molecule has 0 fully saturated rings. The molecular formula is C32H40N4O6Si. The van der Waals surface area contributed by atoms with Crippen LogP contribution in [0.25, 0.3) is 5.57 Å². The van der Waals surface area contributed by atoms with E-state index in [2.05, 4.69) is 49.1 Å². The molecule has 0 unspecified atom stereocenters. The Labute approximate surface area is 253 Å². The van der Waals surface area contributed by atoms with Gasteiger partial charge in [0.05, 0.1) is 31.0 Å². The average Bonchev–Trinajstić information content (AvgIpc) is 2.98. The van der Waals surface area contributed by atoms with E-state index in [0.29, 0.717) is 31.1 Å². The van der Waals surface area contributed by atoms with Crippen molar-refractivity contribution in [3.8, 4) is 11.5 Å². The Balaban J connectivity index is 1.68. The fourth-order valence-corrected chi connectivity index (χ4v) is 5.58. The highest BCUT2D eigenvalue weighted by Gasteiger charge is 2.39. The lowest BCUT2D eigenvalue weighted by Crippen LogP contribution is -2.49. The van der Waals surface area contributed by atoms with E-state index >= 15 is 0 Å². The fourth-order valence-electron chi connectivity index (χ4n) is 4.54. The number of methoxy groups -OCH3 is 1. The number of hydrogen-bond donors (Lipinski definition) is 2. The number of nitrogens with one attached hydrogen (secondary N) is 1. The summed E-state index contributed by atoms with van der Waals surface area (Å²) in [6, 6.07) is 12.3. The predicted octanol–water partition coefficient (Wildman–Crippen LogP) is 6.47. The number of hydrogen-bond acceptors (Lipinski definition) is 7. The van der Waals surface area contributed by atoms with Gasteiger partial charge in [0.1, 0.15) is 12.9 Å². The SMILES string of the molecule is COc1cc(C(=O)N2CC=C(c3cncnc3)C[C@H]2CO[Si](C)(C)C(C)(C)C)c(NC(=O)O)cc1OCc1ccccc1. The molecule has 0 aliphatic carbocycles. The smallest absolute Gasteiger partial charge is 0.409 e. The molecule has 2 aromatic carbocycles. The third kappa shape index (κ3) is 7.79. The summed E-state index contributed by atoms with van der Waals surface area (Å²) in [5.41, 5.74) is 3.11. The number of anilines is 1. The van der Waals surface area contributed by atoms with E-state index in [-0.39, 0.29) is 34.8 Å². The van der Waals surface area contributed by atoms with E-state index in [1.807, 2.05) is 36.4 Å². The number of benzene rings is 2. The van der Waals surface area contributed by atoms with Gasteiger partial charge < -0.3 is 23.9 Å². The number of carbonyl (C=O) groups is 2. The molecule has 10 nitrogen and oxygen atoms in total. The van der Waals surface area contributed by atoms with E-state index in [4.69, 9.17) is 13.9 Å². The van der Waals surface area contributed by atoms with Gasteiger partial charge in [-0.15, -0.1) is 0 Å². The normalized spacial score (nSPS) is 15.4. The van der Waals surface area contributed by atoms with Crippen molar-refractivity contribution in [2.45, 2.75) is 58.0 Å². The maximum atomic E-state index is 14.2. The predicted molar refractivity (Wildman–Crippen MR) is 168 cm³/mol. The summed E-state index contributed by atoms with van der Waals surface area (Å²) in [5.74, 6) is 0.286. The van der Waals surface area contributed by atoms with Gasteiger partial charge in [0.2, 0.25) is 0 Å². The lowest BCUT2D eigenvalue weighted by atomic mass is 9.95. The van der Waals surface area contributed by atoms with Crippen LogP contribution in [0.1, 0.15) is 48.7 Å². The molecule has 0 radical (unpaired) electrons. The second-order valence-electron chi connectivity index (χ2n) is 12.0. The number of rotatable bonds is 10. The third-order valence-corrected chi connectivity index (χ3v) is 12.6. The summed E-state index contributed by atoms with van der Waals surface area (Å²) in [6.45, 7) is 11.8. The molecule has 1 aliphatic heterocycles. The summed E-state index contributed by atoms with van der Waals surface area (Å²) in [7, 11) is -0.652. The quantitative estimate of drug-likeness (QED) is 0.252. The zero-order valence-corrected chi connectivity index (χ0v) is 26.6. The minimum Gasteiger partial charge on any atom is -0.493 e. The first-order valence-corrected chi connectivity index (χ1v) is 17.1. The van der Waals surface area contributed by atoms with E-state index in [1.54, 1.807) is 17.3 Å². The summed E-state index contributed by atoms with van der Waals surface area (Å²) >= 11 is 0. The molecule has 4 rings (SSSR count). The maximum absolute atomic E-state index is 14.2. The van der Waals surface area contributed by atoms with Crippen LogP contribution < -0.4 is 14.8 Å². The zero-order chi connectivity index (χ0) is 31.2. The first-order chi connectivity index (χ1) is 20.4. The molecule has 1 aromatic heterocycles. The van der Waals surface area contributed by atoms with Gasteiger partial charge in [0.25, 0.3) is 5.91 Å². The Kier molecular flexibility index (Phi) is 9.87. The summed E-state index contributed by atoms with van der Waals surface area (Å²) in [5, 5.41) is 12.0. The van der Waals surface area contributed by atoms with Gasteiger partial charge in [-0.2, -0.15) is 0 Å². The molecule has 1 aliphatic rings. The van der Waals surface area contributed by atoms with Crippen LogP contribution in [0.2, 0.25) is 18.1 Å². The number of carbonyl (C=O) groups excluding carboxylic acids is 1. The number of carboxylic acid groups (broad SMARTS) is 1. The van der Waals surface area contributed by atoms with Crippen LogP contribution >= 0.6 is 0 Å². The number of ether oxygens (including phenoxy) is 2. The average molecular weight is 605 g/mol. The van der Waals surface area contributed by atoms with Gasteiger partial charge in [-0.1, -0.05) is 57.2 Å². The zero-order valence-electron chi connectivity index (χ0n) is 25.6. The minimum atomic E-state index is -2.13. The van der Waals surface area contributed by atoms with Crippen molar-refractivity contribution in [2.24, 2.45) is 0 Å². The van der Waals surface area contributed by atoms with Crippen molar-refractivity contribution in [3.05, 3.63) is 84.0 Å². The summed E-state index contributed by atoms with van der Waals surface area (Å²) in [4.78, 5) is 36.1. The Bertz CT molecular complexity index is 1460. The van der Waals surface area contributed by atoms with Crippen molar-refractivity contribution >= 4 is 31.6 Å². The van der Waals surface area contributed by atoms with Gasteiger partial charge in [0.15, 0.2) is 19.8 Å². The molecule has 3 aromatic rings. The Morgan fingerprint density at radius 2 is 1.79 bits per heavy atom. The molecule has 2 heterocycles. The highest BCUT2D eigenvalue weighted by atomic mass is 28.4. The second kappa shape index (κ2) is 13.4. The van der Waals surface area contributed by atoms with Crippen molar-refractivity contribution in [2.75, 3.05) is 25.6 Å². The third-order valence-electron chi connectivity index (χ3n) is 8.08.